The standard InChI is InChI=1S/C41H57NO8/c1-26(2)33-24-40(19-21-49-33,27-8-6-5-7-9-27)18-20-42-35(46)12-13-36(47)50-25-34(45)41(48)17-15-31-30-11-10-28-22-29(43)14-16-38(28,3)37(30)32(44)23-39(31,41)4/h5-9,22,26,30-33,37,44,48H,10-21,23-25H2,1-4H3,(H,42,46)/t30-,31+,32-,33-,37-,38-,39-,40+,41+/m0/s1. The van der Waals surface area contributed by atoms with E-state index >= 15 is 0 Å². The summed E-state index contributed by atoms with van der Waals surface area (Å²) in [5, 5.41) is 26.6. The van der Waals surface area contributed by atoms with Crippen LogP contribution in [0.3, 0.4) is 0 Å². The molecule has 1 aromatic carbocycles. The van der Waals surface area contributed by atoms with E-state index < -0.39 is 35.5 Å². The number of fused-ring (bicyclic) bond motifs is 5. The third-order valence-electron chi connectivity index (χ3n) is 14.0. The van der Waals surface area contributed by atoms with Gasteiger partial charge in [0.05, 0.1) is 18.6 Å². The number of ketones is 2. The fraction of sp³-hybridized carbons (Fsp3) is 0.707. The molecule has 4 fully saturated rings. The fourth-order valence-corrected chi connectivity index (χ4v) is 11.0. The quantitative estimate of drug-likeness (QED) is 0.263. The second kappa shape index (κ2) is 14.3. The van der Waals surface area contributed by atoms with Crippen molar-refractivity contribution in [1.29, 1.82) is 0 Å². The molecule has 1 aliphatic heterocycles. The second-order valence-corrected chi connectivity index (χ2v) is 16.9. The molecule has 0 radical (unpaired) electrons. The highest BCUT2D eigenvalue weighted by atomic mass is 16.5. The number of amides is 1. The highest BCUT2D eigenvalue weighted by Crippen LogP contribution is 2.67. The maximum Gasteiger partial charge on any atom is 0.306 e. The Bertz CT molecular complexity index is 1490. The van der Waals surface area contributed by atoms with E-state index in [9.17, 15) is 29.4 Å². The minimum absolute atomic E-state index is 0.0207. The number of carbonyl (C=O) groups excluding carboxylic acids is 4. The number of Topliss-reactive ketones (excluding diaryl/α,β-unsaturated/α-hetero) is 1. The number of aliphatic hydroxyl groups is 2. The summed E-state index contributed by atoms with van der Waals surface area (Å²) in [5.41, 5.74) is -0.529. The summed E-state index contributed by atoms with van der Waals surface area (Å²) < 4.78 is 11.4. The summed E-state index contributed by atoms with van der Waals surface area (Å²) in [4.78, 5) is 51.3. The lowest BCUT2D eigenvalue weighted by atomic mass is 9.45. The molecule has 1 heterocycles. The third kappa shape index (κ3) is 6.63. The van der Waals surface area contributed by atoms with E-state index in [0.717, 1.165) is 44.1 Å². The number of hydrogen-bond acceptors (Lipinski definition) is 8. The van der Waals surface area contributed by atoms with Crippen molar-refractivity contribution in [3.05, 3.63) is 47.5 Å². The third-order valence-corrected chi connectivity index (χ3v) is 14.0. The summed E-state index contributed by atoms with van der Waals surface area (Å²) in [5.74, 6) is -0.747. The Balaban J connectivity index is 0.996. The SMILES string of the molecule is CC(C)[C@@H]1C[C@](CCNC(=O)CCC(=O)OCC(=O)[C@]2(O)CC[C@@H]3[C@@H]4CCC5=CC(=O)CC[C@]5(C)[C@@H]4[C@@H](O)C[C@@]32C)(c2ccccc2)CCO1. The maximum absolute atomic E-state index is 13.6. The summed E-state index contributed by atoms with van der Waals surface area (Å²) in [6.07, 6.45) is 7.56. The van der Waals surface area contributed by atoms with Crippen LogP contribution in [0, 0.1) is 34.5 Å². The molecule has 0 aromatic heterocycles. The van der Waals surface area contributed by atoms with Gasteiger partial charge in [0, 0.05) is 36.8 Å². The highest BCUT2D eigenvalue weighted by Gasteiger charge is 2.68. The number of carbonyl (C=O) groups is 4. The molecule has 1 aromatic rings. The van der Waals surface area contributed by atoms with Crippen molar-refractivity contribution in [2.24, 2.45) is 34.5 Å². The molecule has 9 heteroatoms. The van der Waals surface area contributed by atoms with Gasteiger partial charge in [0.15, 0.2) is 12.4 Å². The molecule has 0 bridgehead atoms. The molecule has 1 amide bonds. The molecule has 5 aliphatic rings. The Morgan fingerprint density at radius 2 is 1.78 bits per heavy atom. The Morgan fingerprint density at radius 1 is 1.02 bits per heavy atom. The first-order valence-corrected chi connectivity index (χ1v) is 19.0. The van der Waals surface area contributed by atoms with Gasteiger partial charge in [-0.1, -0.05) is 63.6 Å². The molecule has 9 atom stereocenters. The van der Waals surface area contributed by atoms with E-state index in [-0.39, 0.29) is 72.1 Å². The molecular formula is C41H57NO8. The lowest BCUT2D eigenvalue weighted by molar-refractivity contribution is -0.184. The Morgan fingerprint density at radius 3 is 2.52 bits per heavy atom. The highest BCUT2D eigenvalue weighted by molar-refractivity contribution is 5.92. The molecule has 3 saturated carbocycles. The topological polar surface area (TPSA) is 139 Å². The van der Waals surface area contributed by atoms with Gasteiger partial charge in [0.2, 0.25) is 11.7 Å². The minimum atomic E-state index is -1.71. The van der Waals surface area contributed by atoms with E-state index in [0.29, 0.717) is 31.9 Å². The zero-order chi connectivity index (χ0) is 35.9. The van der Waals surface area contributed by atoms with Crippen LogP contribution in [-0.4, -0.2) is 71.2 Å². The van der Waals surface area contributed by atoms with Crippen molar-refractivity contribution in [3.8, 4) is 0 Å². The predicted molar refractivity (Wildman–Crippen MR) is 188 cm³/mol. The van der Waals surface area contributed by atoms with Crippen LogP contribution in [-0.2, 0) is 34.1 Å². The monoisotopic (exact) mass is 691 g/mol. The van der Waals surface area contributed by atoms with Gasteiger partial charge in [-0.3, -0.25) is 19.2 Å². The molecule has 50 heavy (non-hydrogen) atoms. The lowest BCUT2D eigenvalue weighted by Gasteiger charge is -2.60. The average molecular weight is 692 g/mol. The molecule has 0 unspecified atom stereocenters. The first-order chi connectivity index (χ1) is 23.7. The van der Waals surface area contributed by atoms with Gasteiger partial charge in [0.1, 0.15) is 5.60 Å². The Hall–Kier alpha value is -2.88. The average Bonchev–Trinajstić information content (AvgIpc) is 3.37. The Labute approximate surface area is 296 Å². The number of nitrogens with one attached hydrogen (secondary N) is 1. The van der Waals surface area contributed by atoms with Gasteiger partial charge in [-0.05, 0) is 98.5 Å². The summed E-state index contributed by atoms with van der Waals surface area (Å²) >= 11 is 0. The second-order valence-electron chi connectivity index (χ2n) is 16.9. The number of benzene rings is 1. The summed E-state index contributed by atoms with van der Waals surface area (Å²) in [7, 11) is 0. The first kappa shape index (κ1) is 36.9. The van der Waals surface area contributed by atoms with Crippen LogP contribution in [0.25, 0.3) is 0 Å². The van der Waals surface area contributed by atoms with E-state index in [1.807, 2.05) is 13.0 Å². The number of rotatable bonds is 11. The summed E-state index contributed by atoms with van der Waals surface area (Å²) in [6, 6.07) is 10.4. The summed E-state index contributed by atoms with van der Waals surface area (Å²) in [6.45, 7) is 9.02. The molecule has 0 spiro atoms. The normalized spacial score (nSPS) is 38.0. The zero-order valence-electron chi connectivity index (χ0n) is 30.4. The van der Waals surface area contributed by atoms with Gasteiger partial charge >= 0.3 is 5.97 Å². The van der Waals surface area contributed by atoms with Gasteiger partial charge in [-0.15, -0.1) is 0 Å². The van der Waals surface area contributed by atoms with Gasteiger partial charge < -0.3 is 25.0 Å². The van der Waals surface area contributed by atoms with Gasteiger partial charge in [0.25, 0.3) is 0 Å². The van der Waals surface area contributed by atoms with Crippen molar-refractivity contribution in [3.63, 3.8) is 0 Å². The van der Waals surface area contributed by atoms with Gasteiger partial charge in [-0.25, -0.2) is 0 Å². The molecule has 1 saturated heterocycles. The number of allylic oxidation sites excluding steroid dienone is 1. The van der Waals surface area contributed by atoms with Crippen molar-refractivity contribution >= 4 is 23.4 Å². The van der Waals surface area contributed by atoms with Crippen molar-refractivity contribution < 1.29 is 38.9 Å². The Kier molecular flexibility index (Phi) is 10.5. The molecule has 9 nitrogen and oxygen atoms in total. The lowest BCUT2D eigenvalue weighted by Crippen LogP contribution is -2.62. The van der Waals surface area contributed by atoms with Crippen LogP contribution in [0.1, 0.15) is 110 Å². The zero-order valence-corrected chi connectivity index (χ0v) is 30.4. The van der Waals surface area contributed by atoms with E-state index in [1.165, 1.54) is 5.56 Å². The molecule has 6 rings (SSSR count). The van der Waals surface area contributed by atoms with E-state index in [2.05, 4.69) is 50.4 Å². The van der Waals surface area contributed by atoms with Gasteiger partial charge in [-0.2, -0.15) is 0 Å². The number of ether oxygens (including phenoxy) is 2. The van der Waals surface area contributed by atoms with Crippen LogP contribution in [0.15, 0.2) is 42.0 Å². The van der Waals surface area contributed by atoms with Crippen LogP contribution < -0.4 is 5.32 Å². The van der Waals surface area contributed by atoms with E-state index in [4.69, 9.17) is 9.47 Å². The molecular weight excluding hydrogens is 634 g/mol. The van der Waals surface area contributed by atoms with E-state index in [1.54, 1.807) is 6.08 Å². The smallest absolute Gasteiger partial charge is 0.306 e. The van der Waals surface area contributed by atoms with Crippen LogP contribution >= 0.6 is 0 Å². The maximum atomic E-state index is 13.6. The van der Waals surface area contributed by atoms with Crippen LogP contribution in [0.2, 0.25) is 0 Å². The number of esters is 1. The molecule has 3 N–H and O–H groups in total. The first-order valence-electron chi connectivity index (χ1n) is 19.0. The predicted octanol–water partition coefficient (Wildman–Crippen LogP) is 5.39. The van der Waals surface area contributed by atoms with Crippen molar-refractivity contribution in [2.75, 3.05) is 19.8 Å². The van der Waals surface area contributed by atoms with Crippen LogP contribution in [0.4, 0.5) is 0 Å². The number of hydrogen-bond donors (Lipinski definition) is 3. The fourth-order valence-electron chi connectivity index (χ4n) is 11.0. The largest absolute Gasteiger partial charge is 0.458 e. The minimum Gasteiger partial charge on any atom is -0.458 e. The van der Waals surface area contributed by atoms with Crippen molar-refractivity contribution in [2.45, 2.75) is 128 Å². The molecule has 4 aliphatic carbocycles. The van der Waals surface area contributed by atoms with Crippen molar-refractivity contribution in [1.82, 2.24) is 5.32 Å². The molecule has 274 valence electrons. The van der Waals surface area contributed by atoms with Crippen LogP contribution in [0.5, 0.6) is 0 Å². The number of aliphatic hydroxyl groups excluding tert-OH is 1.